The molecule has 0 unspecified atom stereocenters. The summed E-state index contributed by atoms with van der Waals surface area (Å²) in [5, 5.41) is 12.7. The molecule has 0 radical (unpaired) electrons. The normalized spacial score (nSPS) is 12.7. The minimum absolute atomic E-state index is 1.01. The number of hydrogen-bond acceptors (Lipinski definition) is 4. The first-order valence-electron chi connectivity index (χ1n) is 6.55. The van der Waals surface area contributed by atoms with Gasteiger partial charge in [-0.15, -0.1) is 0 Å². The predicted octanol–water partition coefficient (Wildman–Crippen LogP) is 1.57. The summed E-state index contributed by atoms with van der Waals surface area (Å²) in [5.74, 6) is -13.2. The standard InChI is InChI=1S/C14H14F5NO4/c1-14(2,3)24-13(23)20-6(12(21)22)4-5-7(15)9(17)11(19)10(18)8(5)16/h6H,4H2,1-3H3,(H,20,23)(H,21,22)/p-1/t6-/m0/s1. The monoisotopic (exact) mass is 354 g/mol. The van der Waals surface area contributed by atoms with Gasteiger partial charge < -0.3 is 20.0 Å². The van der Waals surface area contributed by atoms with Gasteiger partial charge in [-0.05, 0) is 20.8 Å². The maximum Gasteiger partial charge on any atom is 0.408 e. The highest BCUT2D eigenvalue weighted by molar-refractivity contribution is 5.79. The van der Waals surface area contributed by atoms with Crippen LogP contribution in [0.2, 0.25) is 0 Å². The van der Waals surface area contributed by atoms with Crippen molar-refractivity contribution < 1.29 is 41.4 Å². The topological polar surface area (TPSA) is 78.5 Å². The first-order valence-corrected chi connectivity index (χ1v) is 6.55. The molecule has 10 heteroatoms. The molecule has 0 saturated heterocycles. The number of carboxylic acid groups (broad SMARTS) is 1. The van der Waals surface area contributed by atoms with E-state index in [-0.39, 0.29) is 0 Å². The number of hydrogen-bond donors (Lipinski definition) is 1. The van der Waals surface area contributed by atoms with Crippen molar-refractivity contribution in [1.82, 2.24) is 5.32 Å². The van der Waals surface area contributed by atoms with E-state index in [1.54, 1.807) is 5.32 Å². The van der Waals surface area contributed by atoms with Gasteiger partial charge in [-0.2, -0.15) is 0 Å². The van der Waals surface area contributed by atoms with Crippen molar-refractivity contribution in [3.8, 4) is 0 Å². The van der Waals surface area contributed by atoms with Crippen molar-refractivity contribution in [3.63, 3.8) is 0 Å². The van der Waals surface area contributed by atoms with Gasteiger partial charge in [-0.1, -0.05) is 0 Å². The van der Waals surface area contributed by atoms with Crippen molar-refractivity contribution in [2.24, 2.45) is 0 Å². The van der Waals surface area contributed by atoms with E-state index in [0.29, 0.717) is 0 Å². The predicted molar refractivity (Wildman–Crippen MR) is 68.1 cm³/mol. The molecule has 0 bridgehead atoms. The number of amides is 1. The fourth-order valence-corrected chi connectivity index (χ4v) is 1.68. The maximum atomic E-state index is 13.6. The van der Waals surface area contributed by atoms with Gasteiger partial charge in [0.15, 0.2) is 23.3 Å². The first-order chi connectivity index (χ1) is 10.8. The Bertz CT molecular complexity index is 643. The second kappa shape index (κ2) is 7.02. The Morgan fingerprint density at radius 3 is 1.79 bits per heavy atom. The summed E-state index contributed by atoms with van der Waals surface area (Å²) >= 11 is 0. The molecule has 1 atom stereocenters. The zero-order valence-electron chi connectivity index (χ0n) is 12.8. The fourth-order valence-electron chi connectivity index (χ4n) is 1.68. The SMILES string of the molecule is CC(C)(C)OC(=O)N[C@@H](Cc1c(F)c(F)c(F)c(F)c1F)C(=O)[O-]. The largest absolute Gasteiger partial charge is 0.548 e. The Labute approximate surface area is 133 Å². The van der Waals surface area contributed by atoms with E-state index in [1.165, 1.54) is 20.8 Å². The summed E-state index contributed by atoms with van der Waals surface area (Å²) in [7, 11) is 0. The van der Waals surface area contributed by atoms with Crippen LogP contribution in [0.1, 0.15) is 26.3 Å². The molecular weight excluding hydrogens is 341 g/mol. The molecule has 0 saturated carbocycles. The molecule has 134 valence electrons. The van der Waals surface area contributed by atoms with Gasteiger partial charge in [-0.25, -0.2) is 26.7 Å². The molecule has 0 spiro atoms. The molecule has 0 aliphatic heterocycles. The lowest BCUT2D eigenvalue weighted by Gasteiger charge is -2.24. The average Bonchev–Trinajstić information content (AvgIpc) is 2.44. The van der Waals surface area contributed by atoms with Crippen LogP contribution in [-0.4, -0.2) is 23.7 Å². The van der Waals surface area contributed by atoms with Crippen molar-refractivity contribution in [2.45, 2.75) is 38.8 Å². The number of carboxylic acids is 1. The van der Waals surface area contributed by atoms with Gasteiger partial charge in [0.25, 0.3) is 0 Å². The van der Waals surface area contributed by atoms with E-state index in [9.17, 15) is 36.6 Å². The molecule has 1 rings (SSSR count). The lowest BCUT2D eigenvalue weighted by molar-refractivity contribution is -0.308. The van der Waals surface area contributed by atoms with Crippen LogP contribution in [-0.2, 0) is 16.0 Å². The van der Waals surface area contributed by atoms with Crippen LogP contribution in [0.25, 0.3) is 0 Å². The van der Waals surface area contributed by atoms with Gasteiger partial charge in [0, 0.05) is 12.0 Å². The highest BCUT2D eigenvalue weighted by Crippen LogP contribution is 2.24. The number of ether oxygens (including phenoxy) is 1. The van der Waals surface area contributed by atoms with Crippen LogP contribution < -0.4 is 10.4 Å². The third-order valence-electron chi connectivity index (χ3n) is 2.68. The van der Waals surface area contributed by atoms with Gasteiger partial charge in [0.1, 0.15) is 5.60 Å². The summed E-state index contributed by atoms with van der Waals surface area (Å²) in [6.07, 6.45) is -2.49. The molecule has 1 aromatic carbocycles. The smallest absolute Gasteiger partial charge is 0.408 e. The number of rotatable bonds is 4. The van der Waals surface area contributed by atoms with E-state index >= 15 is 0 Å². The Morgan fingerprint density at radius 2 is 1.42 bits per heavy atom. The molecule has 1 aromatic rings. The van der Waals surface area contributed by atoms with Gasteiger partial charge in [-0.3, -0.25) is 0 Å². The second-order valence-electron chi connectivity index (χ2n) is 5.77. The van der Waals surface area contributed by atoms with E-state index in [0.717, 1.165) is 0 Å². The maximum absolute atomic E-state index is 13.6. The lowest BCUT2D eigenvalue weighted by atomic mass is 10.0. The number of benzene rings is 1. The van der Waals surface area contributed by atoms with Crippen LogP contribution in [0.15, 0.2) is 0 Å². The highest BCUT2D eigenvalue weighted by atomic mass is 19.2. The zero-order chi connectivity index (χ0) is 18.8. The zero-order valence-corrected chi connectivity index (χ0v) is 12.8. The molecule has 1 N–H and O–H groups in total. The van der Waals surface area contributed by atoms with Crippen LogP contribution in [0, 0.1) is 29.1 Å². The second-order valence-corrected chi connectivity index (χ2v) is 5.77. The van der Waals surface area contributed by atoms with Crippen molar-refractivity contribution in [1.29, 1.82) is 0 Å². The third kappa shape index (κ3) is 4.56. The molecule has 0 fully saturated rings. The Hall–Kier alpha value is -2.39. The van der Waals surface area contributed by atoms with E-state index in [1.807, 2.05) is 0 Å². The summed E-state index contributed by atoms with van der Waals surface area (Å²) in [4.78, 5) is 22.5. The van der Waals surface area contributed by atoms with Crippen LogP contribution >= 0.6 is 0 Å². The van der Waals surface area contributed by atoms with Crippen LogP contribution in [0.3, 0.4) is 0 Å². The number of carbonyl (C=O) groups is 2. The Balaban J connectivity index is 3.11. The minimum Gasteiger partial charge on any atom is -0.548 e. The van der Waals surface area contributed by atoms with Crippen LogP contribution in [0.5, 0.6) is 0 Å². The third-order valence-corrected chi connectivity index (χ3v) is 2.68. The van der Waals surface area contributed by atoms with Crippen LogP contribution in [0.4, 0.5) is 26.7 Å². The number of aliphatic carboxylic acids is 1. The summed E-state index contributed by atoms with van der Waals surface area (Å²) < 4.78 is 71.0. The summed E-state index contributed by atoms with van der Waals surface area (Å²) in [6, 6.07) is -2.08. The molecule has 1 amide bonds. The van der Waals surface area contributed by atoms with E-state index in [2.05, 4.69) is 0 Å². The summed E-state index contributed by atoms with van der Waals surface area (Å²) in [5.41, 5.74) is -2.40. The van der Waals surface area contributed by atoms with Crippen molar-refractivity contribution in [3.05, 3.63) is 34.6 Å². The number of carbonyl (C=O) groups excluding carboxylic acids is 2. The van der Waals surface area contributed by atoms with E-state index < -0.39 is 64.8 Å². The Kier molecular flexibility index (Phi) is 5.75. The molecule has 0 aliphatic rings. The average molecular weight is 354 g/mol. The molecule has 0 aliphatic carbocycles. The molecule has 5 nitrogen and oxygen atoms in total. The molecule has 0 heterocycles. The first kappa shape index (κ1) is 19.7. The lowest BCUT2D eigenvalue weighted by Crippen LogP contribution is -2.50. The van der Waals surface area contributed by atoms with Gasteiger partial charge in [0.2, 0.25) is 5.82 Å². The minimum atomic E-state index is -2.38. The summed E-state index contributed by atoms with van der Waals surface area (Å²) in [6.45, 7) is 4.39. The highest BCUT2D eigenvalue weighted by Gasteiger charge is 2.29. The number of alkyl carbamates (subject to hydrolysis) is 1. The molecule has 24 heavy (non-hydrogen) atoms. The number of halogens is 5. The Morgan fingerprint density at radius 1 is 1.00 bits per heavy atom. The quantitative estimate of drug-likeness (QED) is 0.506. The number of nitrogens with one attached hydrogen (secondary N) is 1. The molecule has 0 aromatic heterocycles. The van der Waals surface area contributed by atoms with E-state index in [4.69, 9.17) is 4.74 Å². The molecular formula is C14H13F5NO4-. The fraction of sp³-hybridized carbons (Fsp3) is 0.429. The van der Waals surface area contributed by atoms with Gasteiger partial charge in [0.05, 0.1) is 12.0 Å². The van der Waals surface area contributed by atoms with Crippen molar-refractivity contribution in [2.75, 3.05) is 0 Å². The van der Waals surface area contributed by atoms with Crippen molar-refractivity contribution >= 4 is 12.1 Å². The van der Waals surface area contributed by atoms with Gasteiger partial charge >= 0.3 is 6.09 Å².